The van der Waals surface area contributed by atoms with Gasteiger partial charge in [-0.1, -0.05) is 53.0 Å². The Kier molecular flexibility index (Phi) is 9.54. The molecule has 0 saturated heterocycles. The minimum absolute atomic E-state index is 0.0166. The second-order valence-electron chi connectivity index (χ2n) is 14.2. The van der Waals surface area contributed by atoms with E-state index in [1.165, 1.54) is 50.8 Å². The molecule has 0 radical (unpaired) electrons. The first-order chi connectivity index (χ1) is 30.3. The van der Waals surface area contributed by atoms with Gasteiger partial charge in [0, 0.05) is 18.2 Å². The van der Waals surface area contributed by atoms with Gasteiger partial charge in [0.2, 0.25) is 0 Å². The number of phenols is 3. The predicted octanol–water partition coefficient (Wildman–Crippen LogP) is 9.45. The van der Waals surface area contributed by atoms with Gasteiger partial charge in [-0.25, -0.2) is 0 Å². The molecular formula is C42H27Cl3N12O6. The Bertz CT molecular complexity index is 3110. The molecular weight excluding hydrogens is 875 g/mol. The fourth-order valence-electron chi connectivity index (χ4n) is 6.46. The Morgan fingerprint density at radius 3 is 0.937 bits per heavy atom. The molecule has 0 bridgehead atoms. The zero-order chi connectivity index (χ0) is 43.7. The van der Waals surface area contributed by atoms with Gasteiger partial charge in [-0.15, -0.1) is 59.9 Å². The summed E-state index contributed by atoms with van der Waals surface area (Å²) in [6.07, 6.45) is 0. The molecule has 6 aromatic carbocycles. The summed E-state index contributed by atoms with van der Waals surface area (Å²) in [5.74, 6) is -1.13. The molecule has 21 heteroatoms. The van der Waals surface area contributed by atoms with Crippen molar-refractivity contribution in [3.05, 3.63) is 123 Å². The third-order valence-corrected chi connectivity index (χ3v) is 10.4. The van der Waals surface area contributed by atoms with E-state index in [0.717, 1.165) is 16.7 Å². The molecule has 0 aliphatic rings. The molecule has 0 unspecified atom stereocenters. The number of ether oxygens (including phenoxy) is 3. The van der Waals surface area contributed by atoms with Crippen molar-refractivity contribution < 1.29 is 29.5 Å². The summed E-state index contributed by atoms with van der Waals surface area (Å²) in [5.41, 5.74) is 7.14. The molecule has 0 amide bonds. The average Bonchev–Trinajstić information content (AvgIpc) is 3.98. The summed E-state index contributed by atoms with van der Waals surface area (Å²) >= 11 is 20.1. The summed E-state index contributed by atoms with van der Waals surface area (Å²) in [6, 6.07) is 23.3. The highest BCUT2D eigenvalue weighted by Gasteiger charge is 2.22. The van der Waals surface area contributed by atoms with E-state index in [1.807, 2.05) is 75.4 Å². The van der Waals surface area contributed by atoms with E-state index in [9.17, 15) is 15.3 Å². The number of hydrogen-bond acceptors (Lipinski definition) is 15. The van der Waals surface area contributed by atoms with Crippen LogP contribution in [0.4, 0.5) is 0 Å². The van der Waals surface area contributed by atoms with Crippen LogP contribution >= 0.6 is 34.8 Å². The fraction of sp³-hybridized carbons (Fsp3) is 0.0714. The topological polar surface area (TPSA) is 219 Å². The van der Waals surface area contributed by atoms with Gasteiger partial charge in [0.1, 0.15) is 67.4 Å². The number of aromatic hydroxyl groups is 3. The lowest BCUT2D eigenvalue weighted by Gasteiger charge is -2.13. The van der Waals surface area contributed by atoms with Crippen molar-refractivity contribution in [3.8, 4) is 69.6 Å². The lowest BCUT2D eigenvalue weighted by atomic mass is 10.2. The minimum atomic E-state index is -0.429. The van der Waals surface area contributed by atoms with Crippen LogP contribution < -0.4 is 14.2 Å². The Morgan fingerprint density at radius 1 is 0.381 bits per heavy atom. The van der Waals surface area contributed by atoms with E-state index in [-0.39, 0.29) is 66.6 Å². The molecule has 10 aromatic rings. The lowest BCUT2D eigenvalue weighted by molar-refractivity contribution is 0.359. The third-order valence-electron chi connectivity index (χ3n) is 9.52. The number of rotatable bonds is 9. The Balaban J connectivity index is 0.997. The van der Waals surface area contributed by atoms with E-state index < -0.39 is 18.0 Å². The van der Waals surface area contributed by atoms with Crippen LogP contribution in [0, 0.1) is 20.8 Å². The van der Waals surface area contributed by atoms with Crippen LogP contribution in [0.15, 0.2) is 91.0 Å². The van der Waals surface area contributed by atoms with Gasteiger partial charge in [-0.05, 0) is 92.1 Å². The van der Waals surface area contributed by atoms with E-state index in [1.54, 1.807) is 0 Å². The molecule has 4 aromatic heterocycles. The van der Waals surface area contributed by atoms with Gasteiger partial charge >= 0.3 is 18.0 Å². The lowest BCUT2D eigenvalue weighted by Crippen LogP contribution is -2.04. The second-order valence-corrected chi connectivity index (χ2v) is 15.5. The number of halogens is 3. The first-order valence-corrected chi connectivity index (χ1v) is 19.8. The van der Waals surface area contributed by atoms with Crippen molar-refractivity contribution in [2.45, 2.75) is 20.8 Å². The van der Waals surface area contributed by atoms with Crippen LogP contribution in [0.25, 0.3) is 50.2 Å². The summed E-state index contributed by atoms with van der Waals surface area (Å²) < 4.78 is 17.9. The molecule has 4 heterocycles. The molecule has 0 aliphatic carbocycles. The smallest absolute Gasteiger partial charge is 0.331 e. The molecule has 3 N–H and O–H groups in total. The molecule has 0 aliphatic heterocycles. The van der Waals surface area contributed by atoms with Gasteiger partial charge < -0.3 is 29.5 Å². The molecule has 63 heavy (non-hydrogen) atoms. The van der Waals surface area contributed by atoms with Crippen molar-refractivity contribution in [3.63, 3.8) is 0 Å². The van der Waals surface area contributed by atoms with Gasteiger partial charge in [-0.3, -0.25) is 0 Å². The van der Waals surface area contributed by atoms with E-state index in [2.05, 4.69) is 45.5 Å². The maximum atomic E-state index is 11.1. The van der Waals surface area contributed by atoms with Gasteiger partial charge in [-0.2, -0.15) is 0 Å². The first-order valence-electron chi connectivity index (χ1n) is 18.7. The van der Waals surface area contributed by atoms with Crippen molar-refractivity contribution in [2.75, 3.05) is 0 Å². The van der Waals surface area contributed by atoms with E-state index >= 15 is 0 Å². The molecule has 0 spiro atoms. The molecule has 0 saturated carbocycles. The number of aryl methyl sites for hydroxylation is 3. The van der Waals surface area contributed by atoms with Crippen LogP contribution in [-0.2, 0) is 0 Å². The van der Waals surface area contributed by atoms with E-state index in [0.29, 0.717) is 33.1 Å². The normalized spacial score (nSPS) is 11.5. The predicted molar refractivity (Wildman–Crippen MR) is 231 cm³/mol. The minimum Gasteiger partial charge on any atom is -0.505 e. The third kappa shape index (κ3) is 7.62. The highest BCUT2D eigenvalue weighted by molar-refractivity contribution is 6.33. The van der Waals surface area contributed by atoms with Crippen molar-refractivity contribution in [1.82, 2.24) is 59.9 Å². The number of benzene rings is 6. The number of nitrogens with zero attached hydrogens (tertiary/aromatic N) is 12. The quantitative estimate of drug-likeness (QED) is 0.123. The monoisotopic (exact) mass is 900 g/mol. The van der Waals surface area contributed by atoms with Gasteiger partial charge in [0.05, 0.1) is 15.1 Å². The number of aromatic nitrogens is 12. The summed E-state index contributed by atoms with van der Waals surface area (Å²) in [4.78, 5) is 16.6. The summed E-state index contributed by atoms with van der Waals surface area (Å²) in [5, 5.41) is 60.1. The summed E-state index contributed by atoms with van der Waals surface area (Å²) in [7, 11) is 0. The second kappa shape index (κ2) is 15.3. The fourth-order valence-corrected chi connectivity index (χ4v) is 7.05. The molecule has 18 nitrogen and oxygen atoms in total. The highest BCUT2D eigenvalue weighted by Crippen LogP contribution is 2.41. The van der Waals surface area contributed by atoms with E-state index in [4.69, 9.17) is 49.0 Å². The number of hydrogen-bond donors (Lipinski definition) is 3. The Labute approximate surface area is 369 Å². The SMILES string of the molecule is Cc1ccc2nn(-c3cc(Cl)c(Oc4nc(Oc5cc(O)c(-n6nc7ccc(C)cc7n6)cc5Cl)nc(Oc5cc(O)c(-n6nc7ccc(C)cc7n6)cc5Cl)n4)cc3O)nc2c1. The zero-order valence-corrected chi connectivity index (χ0v) is 35.0. The van der Waals surface area contributed by atoms with Crippen molar-refractivity contribution in [1.29, 1.82) is 0 Å². The van der Waals surface area contributed by atoms with Crippen LogP contribution in [-0.4, -0.2) is 75.3 Å². The van der Waals surface area contributed by atoms with Gasteiger partial charge in [0.25, 0.3) is 0 Å². The molecule has 10 rings (SSSR count). The van der Waals surface area contributed by atoms with Crippen molar-refractivity contribution >= 4 is 67.9 Å². The van der Waals surface area contributed by atoms with Gasteiger partial charge in [0.15, 0.2) is 17.2 Å². The average molecular weight is 902 g/mol. The first kappa shape index (κ1) is 39.3. The van der Waals surface area contributed by atoms with Crippen molar-refractivity contribution in [2.24, 2.45) is 0 Å². The van der Waals surface area contributed by atoms with Crippen LogP contribution in [0.3, 0.4) is 0 Å². The highest BCUT2D eigenvalue weighted by atomic mass is 35.5. The zero-order valence-electron chi connectivity index (χ0n) is 32.7. The Hall–Kier alpha value is -7.80. The maximum absolute atomic E-state index is 11.1. The van der Waals surface area contributed by atoms with Crippen LogP contribution in [0.5, 0.6) is 52.5 Å². The molecule has 312 valence electrons. The molecule has 0 atom stereocenters. The maximum Gasteiger partial charge on any atom is 0.331 e. The number of fused-ring (bicyclic) bond motifs is 3. The number of phenolic OH excluding ortho intramolecular Hbond substituents is 3. The van der Waals surface area contributed by atoms with Crippen LogP contribution in [0.1, 0.15) is 16.7 Å². The standard InChI is InChI=1S/C42H27Cl3N12O6/c1-19-4-7-25-28(10-19)52-55(49-25)31-13-22(43)37(16-34(31)58)61-40-46-41(62-38-17-35(59)32(14-23(38)44)56-50-26-8-5-20(2)11-29(26)53-56)48-42(47-40)63-39-18-36(60)33(15-24(39)45)57-51-27-9-6-21(3)12-30(27)54-57/h4-18,58-60H,1-3H3. The summed E-state index contributed by atoms with van der Waals surface area (Å²) in [6.45, 7) is 5.79. The largest absolute Gasteiger partial charge is 0.505 e. The van der Waals surface area contributed by atoms with Crippen LogP contribution in [0.2, 0.25) is 15.1 Å². The Morgan fingerprint density at radius 2 is 0.651 bits per heavy atom. The molecule has 0 fully saturated rings.